The number of rotatable bonds is 5. The number of nitrogens with one attached hydrogen (secondary N) is 1. The smallest absolute Gasteiger partial charge is 0.358 e. The fourth-order valence-corrected chi connectivity index (χ4v) is 1.79. The van der Waals surface area contributed by atoms with Crippen LogP contribution in [0, 0.1) is 0 Å². The van der Waals surface area contributed by atoms with Gasteiger partial charge in [-0.3, -0.25) is 0 Å². The molecule has 3 aromatic heterocycles. The fraction of sp³-hybridized carbons (Fsp3) is 0.182. The predicted molar refractivity (Wildman–Crippen MR) is 68.5 cm³/mol. The first-order valence-corrected chi connectivity index (χ1v) is 5.90. The molecule has 0 aliphatic carbocycles. The molecule has 20 heavy (non-hydrogen) atoms. The molecule has 2 N–H and O–H groups in total. The summed E-state index contributed by atoms with van der Waals surface area (Å²) in [6, 6.07) is 1.85. The van der Waals surface area contributed by atoms with Gasteiger partial charge in [-0.2, -0.15) is 5.10 Å². The number of aromatic nitrogens is 6. The number of carboxylic acids is 1. The first-order chi connectivity index (χ1) is 9.74. The van der Waals surface area contributed by atoms with Gasteiger partial charge in [0.25, 0.3) is 0 Å². The Morgan fingerprint density at radius 1 is 1.40 bits per heavy atom. The van der Waals surface area contributed by atoms with Gasteiger partial charge in [-0.1, -0.05) is 5.21 Å². The first kappa shape index (κ1) is 12.1. The van der Waals surface area contributed by atoms with Crippen LogP contribution in [-0.2, 0) is 6.54 Å². The number of aromatic carboxylic acids is 1. The van der Waals surface area contributed by atoms with E-state index in [1.165, 1.54) is 10.9 Å². The zero-order chi connectivity index (χ0) is 13.9. The molecule has 0 aliphatic heterocycles. The second-order valence-electron chi connectivity index (χ2n) is 4.04. The van der Waals surface area contributed by atoms with Crippen LogP contribution in [0.4, 0.5) is 5.82 Å². The molecule has 3 rings (SSSR count). The van der Waals surface area contributed by atoms with E-state index in [4.69, 9.17) is 5.11 Å². The van der Waals surface area contributed by atoms with Crippen molar-refractivity contribution in [3.63, 3.8) is 0 Å². The van der Waals surface area contributed by atoms with E-state index >= 15 is 0 Å². The normalized spacial score (nSPS) is 10.8. The summed E-state index contributed by atoms with van der Waals surface area (Å²) in [5, 5.41) is 23.3. The molecule has 0 fully saturated rings. The monoisotopic (exact) mass is 273 g/mol. The minimum absolute atomic E-state index is 0.0685. The van der Waals surface area contributed by atoms with Crippen LogP contribution >= 0.6 is 0 Å². The van der Waals surface area contributed by atoms with E-state index in [1.807, 2.05) is 6.07 Å². The molecule has 0 aromatic carbocycles. The summed E-state index contributed by atoms with van der Waals surface area (Å²) in [6.45, 7) is 1.03. The second kappa shape index (κ2) is 4.96. The van der Waals surface area contributed by atoms with Crippen LogP contribution in [0.25, 0.3) is 5.52 Å². The Hall–Kier alpha value is -2.97. The Morgan fingerprint density at radius 3 is 3.10 bits per heavy atom. The van der Waals surface area contributed by atoms with Gasteiger partial charge in [-0.15, -0.1) is 5.10 Å². The number of fused-ring (bicyclic) bond motifs is 1. The largest absolute Gasteiger partial charge is 0.476 e. The lowest BCUT2D eigenvalue weighted by molar-refractivity contribution is 0.0690. The molecule has 0 aliphatic rings. The Labute approximate surface area is 112 Å². The Balaban J connectivity index is 1.64. The van der Waals surface area contributed by atoms with Crippen molar-refractivity contribution in [2.45, 2.75) is 6.54 Å². The van der Waals surface area contributed by atoms with E-state index in [-0.39, 0.29) is 5.69 Å². The van der Waals surface area contributed by atoms with E-state index in [9.17, 15) is 4.79 Å². The van der Waals surface area contributed by atoms with E-state index in [2.05, 4.69) is 25.7 Å². The number of hydrogen-bond donors (Lipinski definition) is 2. The lowest BCUT2D eigenvalue weighted by Crippen LogP contribution is -2.12. The maximum Gasteiger partial charge on any atom is 0.358 e. The number of hydrogen-bond acceptors (Lipinski definition) is 6. The molecule has 9 heteroatoms. The molecule has 0 saturated heterocycles. The van der Waals surface area contributed by atoms with E-state index < -0.39 is 5.97 Å². The lowest BCUT2D eigenvalue weighted by atomic mass is 10.4. The molecule has 0 saturated carbocycles. The minimum Gasteiger partial charge on any atom is -0.476 e. The summed E-state index contributed by atoms with van der Waals surface area (Å²) in [5.74, 6) is -0.376. The first-order valence-electron chi connectivity index (χ1n) is 5.90. The fourth-order valence-electron chi connectivity index (χ4n) is 1.79. The highest BCUT2D eigenvalue weighted by molar-refractivity contribution is 5.84. The number of nitrogens with zero attached hydrogens (tertiary/aromatic N) is 6. The summed E-state index contributed by atoms with van der Waals surface area (Å²) in [6.07, 6.45) is 6.49. The van der Waals surface area contributed by atoms with Crippen LogP contribution in [0.2, 0.25) is 0 Å². The molecular formula is C11H11N7O2. The van der Waals surface area contributed by atoms with Gasteiger partial charge in [0.05, 0.1) is 18.9 Å². The van der Waals surface area contributed by atoms with Crippen LogP contribution in [0.3, 0.4) is 0 Å². The van der Waals surface area contributed by atoms with Gasteiger partial charge in [-0.05, 0) is 6.07 Å². The molecule has 0 spiro atoms. The molecule has 0 amide bonds. The average molecular weight is 273 g/mol. The maximum atomic E-state index is 10.7. The van der Waals surface area contributed by atoms with Crippen molar-refractivity contribution >= 4 is 17.3 Å². The van der Waals surface area contributed by atoms with Gasteiger partial charge in [0.1, 0.15) is 5.52 Å². The van der Waals surface area contributed by atoms with Gasteiger partial charge in [0, 0.05) is 18.9 Å². The van der Waals surface area contributed by atoms with Crippen molar-refractivity contribution < 1.29 is 9.90 Å². The molecule has 3 aromatic rings. The van der Waals surface area contributed by atoms with Gasteiger partial charge < -0.3 is 10.4 Å². The Morgan fingerprint density at radius 2 is 2.30 bits per heavy atom. The van der Waals surface area contributed by atoms with Crippen molar-refractivity contribution in [3.8, 4) is 0 Å². The van der Waals surface area contributed by atoms with E-state index in [0.29, 0.717) is 18.9 Å². The van der Waals surface area contributed by atoms with Crippen molar-refractivity contribution in [1.82, 2.24) is 29.6 Å². The Kier molecular flexibility index (Phi) is 2.99. The van der Waals surface area contributed by atoms with E-state index in [1.54, 1.807) is 23.1 Å². The molecule has 9 nitrogen and oxygen atoms in total. The third-order valence-corrected chi connectivity index (χ3v) is 2.72. The summed E-state index contributed by atoms with van der Waals surface area (Å²) in [4.78, 5) is 14.9. The number of carboxylic acid groups (broad SMARTS) is 1. The summed E-state index contributed by atoms with van der Waals surface area (Å²) >= 11 is 0. The molecular weight excluding hydrogens is 262 g/mol. The van der Waals surface area contributed by atoms with Gasteiger partial charge in [0.15, 0.2) is 11.5 Å². The molecule has 0 atom stereocenters. The maximum absolute atomic E-state index is 10.7. The average Bonchev–Trinajstić information content (AvgIpc) is 3.07. The molecule has 0 radical (unpaired) electrons. The van der Waals surface area contributed by atoms with Crippen molar-refractivity contribution in [2.24, 2.45) is 0 Å². The molecule has 3 heterocycles. The lowest BCUT2D eigenvalue weighted by Gasteiger charge is -2.06. The highest BCUT2D eigenvalue weighted by atomic mass is 16.4. The van der Waals surface area contributed by atoms with Crippen LogP contribution < -0.4 is 5.32 Å². The third kappa shape index (κ3) is 2.28. The summed E-state index contributed by atoms with van der Waals surface area (Å²) in [7, 11) is 0. The van der Waals surface area contributed by atoms with Crippen molar-refractivity contribution in [3.05, 3.63) is 36.5 Å². The van der Waals surface area contributed by atoms with Crippen LogP contribution in [-0.4, -0.2) is 47.2 Å². The topological polar surface area (TPSA) is 110 Å². The predicted octanol–water partition coefficient (Wildman–Crippen LogP) is 0.131. The quantitative estimate of drug-likeness (QED) is 0.679. The van der Waals surface area contributed by atoms with Gasteiger partial charge >= 0.3 is 5.97 Å². The van der Waals surface area contributed by atoms with Gasteiger partial charge in [-0.25, -0.2) is 19.0 Å². The van der Waals surface area contributed by atoms with Crippen LogP contribution in [0.15, 0.2) is 30.9 Å². The van der Waals surface area contributed by atoms with Crippen molar-refractivity contribution in [2.75, 3.05) is 11.9 Å². The van der Waals surface area contributed by atoms with Gasteiger partial charge in [0.2, 0.25) is 0 Å². The molecule has 0 unspecified atom stereocenters. The van der Waals surface area contributed by atoms with Crippen LogP contribution in [0.1, 0.15) is 10.5 Å². The van der Waals surface area contributed by atoms with E-state index in [0.717, 1.165) is 5.52 Å². The minimum atomic E-state index is -1.09. The standard InChI is InChI=1S/C11H11N7O2/c19-11(20)8-7-17(16-15-8)5-3-12-10-9-1-2-14-18(9)6-4-13-10/h1-2,4,6-7H,3,5H2,(H,12,13)(H,19,20). The van der Waals surface area contributed by atoms with Crippen LogP contribution in [0.5, 0.6) is 0 Å². The number of anilines is 1. The zero-order valence-corrected chi connectivity index (χ0v) is 10.3. The number of carbonyl (C=O) groups is 1. The highest BCUT2D eigenvalue weighted by Gasteiger charge is 2.08. The molecule has 0 bridgehead atoms. The second-order valence-corrected chi connectivity index (χ2v) is 4.04. The third-order valence-electron chi connectivity index (χ3n) is 2.72. The Bertz CT molecular complexity index is 748. The molecule has 102 valence electrons. The van der Waals surface area contributed by atoms with Crippen molar-refractivity contribution in [1.29, 1.82) is 0 Å². The summed E-state index contributed by atoms with van der Waals surface area (Å²) < 4.78 is 3.18. The summed E-state index contributed by atoms with van der Waals surface area (Å²) in [5.41, 5.74) is 0.804. The highest BCUT2D eigenvalue weighted by Crippen LogP contribution is 2.11. The zero-order valence-electron chi connectivity index (χ0n) is 10.3. The SMILES string of the molecule is O=C(O)c1cn(CCNc2nccn3nccc23)nn1.